The summed E-state index contributed by atoms with van der Waals surface area (Å²) in [6.45, 7) is 9.60. The maximum atomic E-state index is 12.5. The number of pyridine rings is 1. The molecule has 0 bridgehead atoms. The molecule has 1 atom stereocenters. The van der Waals surface area contributed by atoms with Crippen molar-refractivity contribution in [2.75, 3.05) is 5.32 Å². The average molecular weight is 298 g/mol. The second kappa shape index (κ2) is 6.18. The Morgan fingerprint density at radius 1 is 1.05 bits per heavy atom. The predicted octanol–water partition coefficient (Wildman–Crippen LogP) is 3.28. The Balaban J connectivity index is 2.30. The molecule has 1 heterocycles. The second-order valence-corrected chi connectivity index (χ2v) is 5.89. The number of nitrogens with zero attached hydrogens (tertiary/aromatic N) is 1. The van der Waals surface area contributed by atoms with Crippen molar-refractivity contribution >= 4 is 11.6 Å². The van der Waals surface area contributed by atoms with Crippen molar-refractivity contribution in [2.45, 2.75) is 40.7 Å². The summed E-state index contributed by atoms with van der Waals surface area (Å²) in [5.41, 5.74) is 4.80. The molecule has 0 fully saturated rings. The lowest BCUT2D eigenvalue weighted by molar-refractivity contribution is -0.118. The van der Waals surface area contributed by atoms with Crippen LogP contribution in [-0.2, 0) is 4.79 Å². The van der Waals surface area contributed by atoms with E-state index in [2.05, 4.69) is 5.32 Å². The number of carbonyl (C=O) groups excluding carboxylic acids is 1. The zero-order valence-electron chi connectivity index (χ0n) is 13.7. The van der Waals surface area contributed by atoms with E-state index in [-0.39, 0.29) is 11.5 Å². The highest BCUT2D eigenvalue weighted by Crippen LogP contribution is 2.23. The van der Waals surface area contributed by atoms with Crippen LogP contribution in [0.25, 0.3) is 0 Å². The third-order valence-electron chi connectivity index (χ3n) is 3.81. The second-order valence-electron chi connectivity index (χ2n) is 5.89. The molecular formula is C18H22N2O2. The van der Waals surface area contributed by atoms with Crippen LogP contribution in [0.4, 0.5) is 5.69 Å². The van der Waals surface area contributed by atoms with Gasteiger partial charge in [-0.1, -0.05) is 23.8 Å². The van der Waals surface area contributed by atoms with Crippen LogP contribution in [0.15, 0.2) is 35.3 Å². The molecule has 2 rings (SSSR count). The van der Waals surface area contributed by atoms with Crippen LogP contribution < -0.4 is 10.9 Å². The van der Waals surface area contributed by atoms with E-state index < -0.39 is 6.04 Å². The highest BCUT2D eigenvalue weighted by Gasteiger charge is 2.17. The number of aromatic nitrogens is 1. The van der Waals surface area contributed by atoms with Crippen LogP contribution in [0.2, 0.25) is 0 Å². The van der Waals surface area contributed by atoms with E-state index in [1.165, 1.54) is 10.6 Å². The Labute approximate surface area is 130 Å². The molecule has 1 aromatic carbocycles. The third kappa shape index (κ3) is 3.27. The summed E-state index contributed by atoms with van der Waals surface area (Å²) in [4.78, 5) is 24.4. The first-order chi connectivity index (χ1) is 10.3. The maximum absolute atomic E-state index is 12.5. The molecule has 2 aromatic rings. The number of hydrogen-bond acceptors (Lipinski definition) is 2. The maximum Gasteiger partial charge on any atom is 0.251 e. The fraction of sp³-hybridized carbons (Fsp3) is 0.333. The van der Waals surface area contributed by atoms with Crippen LogP contribution >= 0.6 is 0 Å². The Hall–Kier alpha value is -2.36. The minimum atomic E-state index is -0.562. The van der Waals surface area contributed by atoms with Gasteiger partial charge in [-0.2, -0.15) is 0 Å². The fourth-order valence-electron chi connectivity index (χ4n) is 2.65. The summed E-state index contributed by atoms with van der Waals surface area (Å²) in [5, 5.41) is 2.95. The molecule has 0 saturated carbocycles. The molecule has 0 radical (unpaired) electrons. The normalized spacial score (nSPS) is 12.0. The van der Waals surface area contributed by atoms with Crippen LogP contribution in [-0.4, -0.2) is 10.5 Å². The van der Waals surface area contributed by atoms with E-state index in [9.17, 15) is 9.59 Å². The lowest BCUT2D eigenvalue weighted by Gasteiger charge is -2.18. The molecule has 1 unspecified atom stereocenters. The zero-order chi connectivity index (χ0) is 16.4. The largest absolute Gasteiger partial charge is 0.324 e. The summed E-state index contributed by atoms with van der Waals surface area (Å²) in [7, 11) is 0. The minimum absolute atomic E-state index is 0.175. The topological polar surface area (TPSA) is 51.1 Å². The molecular weight excluding hydrogens is 276 g/mol. The van der Waals surface area contributed by atoms with Gasteiger partial charge in [0.1, 0.15) is 6.04 Å². The van der Waals surface area contributed by atoms with Crippen molar-refractivity contribution in [2.24, 2.45) is 0 Å². The third-order valence-corrected chi connectivity index (χ3v) is 3.81. The Morgan fingerprint density at radius 2 is 1.64 bits per heavy atom. The number of amides is 1. The Kier molecular flexibility index (Phi) is 4.50. The van der Waals surface area contributed by atoms with E-state index in [0.29, 0.717) is 0 Å². The van der Waals surface area contributed by atoms with E-state index in [1.807, 2.05) is 39.8 Å². The van der Waals surface area contributed by atoms with Gasteiger partial charge in [0.05, 0.1) is 0 Å². The molecule has 1 amide bonds. The minimum Gasteiger partial charge on any atom is -0.324 e. The molecule has 22 heavy (non-hydrogen) atoms. The zero-order valence-corrected chi connectivity index (χ0v) is 13.7. The number of rotatable bonds is 3. The number of hydrogen-bond donors (Lipinski definition) is 1. The van der Waals surface area contributed by atoms with E-state index in [0.717, 1.165) is 27.9 Å². The van der Waals surface area contributed by atoms with Crippen LogP contribution in [0.5, 0.6) is 0 Å². The molecule has 116 valence electrons. The van der Waals surface area contributed by atoms with Gasteiger partial charge in [0.25, 0.3) is 5.56 Å². The monoisotopic (exact) mass is 298 g/mol. The summed E-state index contributed by atoms with van der Waals surface area (Å²) in [6, 6.07) is 6.74. The highest BCUT2D eigenvalue weighted by molar-refractivity contribution is 5.95. The van der Waals surface area contributed by atoms with Gasteiger partial charge in [-0.15, -0.1) is 0 Å². The molecule has 0 spiro atoms. The van der Waals surface area contributed by atoms with Gasteiger partial charge in [-0.25, -0.2) is 0 Å². The summed E-state index contributed by atoms with van der Waals surface area (Å²) < 4.78 is 1.46. The van der Waals surface area contributed by atoms with E-state index in [4.69, 9.17) is 0 Å². The van der Waals surface area contributed by atoms with Crippen molar-refractivity contribution in [1.29, 1.82) is 0 Å². The van der Waals surface area contributed by atoms with Gasteiger partial charge in [0, 0.05) is 18.0 Å². The van der Waals surface area contributed by atoms with Crippen LogP contribution in [0.1, 0.15) is 35.2 Å². The molecule has 4 nitrogen and oxygen atoms in total. The molecule has 0 aliphatic rings. The van der Waals surface area contributed by atoms with Gasteiger partial charge in [0.2, 0.25) is 5.91 Å². The van der Waals surface area contributed by atoms with Gasteiger partial charge in [-0.05, 0) is 51.3 Å². The SMILES string of the molecule is Cc1cc(C)c(NC(=O)C(C)n2cc(C)ccc2=O)c(C)c1. The van der Waals surface area contributed by atoms with Crippen molar-refractivity contribution in [1.82, 2.24) is 4.57 Å². The van der Waals surface area contributed by atoms with Gasteiger partial charge < -0.3 is 9.88 Å². The van der Waals surface area contributed by atoms with Crippen molar-refractivity contribution in [3.8, 4) is 0 Å². The number of carbonyl (C=O) groups is 1. The first-order valence-electron chi connectivity index (χ1n) is 7.37. The number of benzene rings is 1. The van der Waals surface area contributed by atoms with Crippen molar-refractivity contribution < 1.29 is 4.79 Å². The fourth-order valence-corrected chi connectivity index (χ4v) is 2.65. The first-order valence-corrected chi connectivity index (χ1v) is 7.37. The first kappa shape index (κ1) is 16.0. The van der Waals surface area contributed by atoms with Gasteiger partial charge >= 0.3 is 0 Å². The number of anilines is 1. The predicted molar refractivity (Wildman–Crippen MR) is 89.4 cm³/mol. The van der Waals surface area contributed by atoms with E-state index >= 15 is 0 Å². The van der Waals surface area contributed by atoms with Crippen molar-refractivity contribution in [3.05, 3.63) is 63.1 Å². The summed E-state index contributed by atoms with van der Waals surface area (Å²) in [5.74, 6) is -0.192. The molecule has 1 N–H and O–H groups in total. The van der Waals surface area contributed by atoms with Gasteiger partial charge in [0.15, 0.2) is 0 Å². The quantitative estimate of drug-likeness (QED) is 0.945. The Bertz CT molecular complexity index is 752. The van der Waals surface area contributed by atoms with Crippen molar-refractivity contribution in [3.63, 3.8) is 0 Å². The van der Waals surface area contributed by atoms with Crippen LogP contribution in [0, 0.1) is 27.7 Å². The number of aryl methyl sites for hydroxylation is 4. The standard InChI is InChI=1S/C18H22N2O2/c1-11-6-7-16(21)20(10-11)15(5)18(22)19-17-13(3)8-12(2)9-14(17)4/h6-10,15H,1-5H3,(H,19,22). The smallest absolute Gasteiger partial charge is 0.251 e. The molecule has 4 heteroatoms. The molecule has 1 aromatic heterocycles. The Morgan fingerprint density at radius 3 is 2.23 bits per heavy atom. The van der Waals surface area contributed by atoms with E-state index in [1.54, 1.807) is 19.2 Å². The molecule has 0 saturated heterocycles. The summed E-state index contributed by atoms with van der Waals surface area (Å²) >= 11 is 0. The average Bonchev–Trinajstić information content (AvgIpc) is 2.44. The lowest BCUT2D eigenvalue weighted by atomic mass is 10.0. The highest BCUT2D eigenvalue weighted by atomic mass is 16.2. The number of nitrogens with one attached hydrogen (secondary N) is 1. The molecule has 0 aliphatic heterocycles. The molecule has 0 aliphatic carbocycles. The summed E-state index contributed by atoms with van der Waals surface area (Å²) in [6.07, 6.45) is 1.71. The lowest BCUT2D eigenvalue weighted by Crippen LogP contribution is -2.31. The van der Waals surface area contributed by atoms with Gasteiger partial charge in [-0.3, -0.25) is 9.59 Å². The van der Waals surface area contributed by atoms with Crippen LogP contribution in [0.3, 0.4) is 0 Å².